The van der Waals surface area contributed by atoms with Crippen molar-refractivity contribution in [2.45, 2.75) is 19.4 Å². The number of amides is 3. The molecule has 0 aliphatic heterocycles. The molecule has 0 aromatic rings. The van der Waals surface area contributed by atoms with Gasteiger partial charge in [-0.05, 0) is 13.8 Å². The molecule has 0 atom stereocenters. The molecule has 0 rings (SSSR count). The summed E-state index contributed by atoms with van der Waals surface area (Å²) in [7, 11) is 4.79. The second-order valence-corrected chi connectivity index (χ2v) is 4.10. The highest BCUT2D eigenvalue weighted by atomic mass is 16.5. The SMILES string of the molecule is COC(C)(C)C(=O)NCCNC(=O)N(C)C. The molecule has 0 fully saturated rings. The van der Waals surface area contributed by atoms with Crippen molar-refractivity contribution in [2.24, 2.45) is 0 Å². The number of methoxy groups -OCH3 is 1. The lowest BCUT2D eigenvalue weighted by atomic mass is 10.1. The third kappa shape index (κ3) is 4.97. The molecule has 0 unspecified atom stereocenters. The van der Waals surface area contributed by atoms with E-state index in [2.05, 4.69) is 10.6 Å². The Morgan fingerprint density at radius 3 is 2.12 bits per heavy atom. The van der Waals surface area contributed by atoms with Crippen molar-refractivity contribution in [3.63, 3.8) is 0 Å². The Kier molecular flexibility index (Phi) is 5.81. The van der Waals surface area contributed by atoms with Crippen LogP contribution < -0.4 is 10.6 Å². The third-order valence-electron chi connectivity index (χ3n) is 2.15. The molecule has 0 aromatic heterocycles. The second kappa shape index (κ2) is 6.32. The molecule has 3 amide bonds. The Hall–Kier alpha value is -1.30. The molecule has 6 nitrogen and oxygen atoms in total. The zero-order chi connectivity index (χ0) is 12.8. The minimum atomic E-state index is -0.842. The first kappa shape index (κ1) is 14.7. The van der Waals surface area contributed by atoms with Gasteiger partial charge in [0.25, 0.3) is 5.91 Å². The zero-order valence-electron chi connectivity index (χ0n) is 10.6. The van der Waals surface area contributed by atoms with Crippen LogP contribution in [0.1, 0.15) is 13.8 Å². The summed E-state index contributed by atoms with van der Waals surface area (Å²) in [5, 5.41) is 5.31. The predicted molar refractivity (Wildman–Crippen MR) is 61.2 cm³/mol. The van der Waals surface area contributed by atoms with E-state index < -0.39 is 5.60 Å². The molecule has 94 valence electrons. The lowest BCUT2D eigenvalue weighted by Crippen LogP contribution is -2.46. The summed E-state index contributed by atoms with van der Waals surface area (Å²) in [6, 6.07) is -0.180. The fraction of sp³-hybridized carbons (Fsp3) is 0.800. The Morgan fingerprint density at radius 2 is 1.69 bits per heavy atom. The number of nitrogens with one attached hydrogen (secondary N) is 2. The van der Waals surface area contributed by atoms with Gasteiger partial charge in [-0.3, -0.25) is 4.79 Å². The van der Waals surface area contributed by atoms with Crippen molar-refractivity contribution < 1.29 is 14.3 Å². The summed E-state index contributed by atoms with van der Waals surface area (Å²) < 4.78 is 5.01. The number of carbonyl (C=O) groups excluding carboxylic acids is 2. The van der Waals surface area contributed by atoms with E-state index in [-0.39, 0.29) is 11.9 Å². The van der Waals surface area contributed by atoms with Crippen molar-refractivity contribution in [3.05, 3.63) is 0 Å². The van der Waals surface area contributed by atoms with Gasteiger partial charge in [0.15, 0.2) is 0 Å². The smallest absolute Gasteiger partial charge is 0.316 e. The molecule has 0 saturated carbocycles. The lowest BCUT2D eigenvalue weighted by Gasteiger charge is -2.21. The van der Waals surface area contributed by atoms with E-state index in [9.17, 15) is 9.59 Å². The van der Waals surface area contributed by atoms with Crippen molar-refractivity contribution in [1.82, 2.24) is 15.5 Å². The largest absolute Gasteiger partial charge is 0.369 e. The number of hydrogen-bond acceptors (Lipinski definition) is 3. The maximum Gasteiger partial charge on any atom is 0.316 e. The van der Waals surface area contributed by atoms with Crippen LogP contribution in [0.4, 0.5) is 4.79 Å². The van der Waals surface area contributed by atoms with Crippen LogP contribution in [0.5, 0.6) is 0 Å². The van der Waals surface area contributed by atoms with Crippen LogP contribution >= 0.6 is 0 Å². The van der Waals surface area contributed by atoms with Gasteiger partial charge in [0.2, 0.25) is 0 Å². The van der Waals surface area contributed by atoms with Gasteiger partial charge in [0.1, 0.15) is 5.60 Å². The first-order valence-electron chi connectivity index (χ1n) is 5.10. The molecule has 0 radical (unpaired) electrons. The fourth-order valence-corrected chi connectivity index (χ4v) is 0.809. The van der Waals surface area contributed by atoms with Crippen LogP contribution in [0.3, 0.4) is 0 Å². The van der Waals surface area contributed by atoms with Crippen LogP contribution in [0.25, 0.3) is 0 Å². The van der Waals surface area contributed by atoms with Gasteiger partial charge in [0, 0.05) is 34.3 Å². The van der Waals surface area contributed by atoms with Crippen LogP contribution in [-0.2, 0) is 9.53 Å². The van der Waals surface area contributed by atoms with Crippen LogP contribution in [0.2, 0.25) is 0 Å². The molecule has 0 heterocycles. The third-order valence-corrected chi connectivity index (χ3v) is 2.15. The lowest BCUT2D eigenvalue weighted by molar-refractivity contribution is -0.139. The molecule has 0 bridgehead atoms. The second-order valence-electron chi connectivity index (χ2n) is 4.10. The molecular weight excluding hydrogens is 210 g/mol. The Bertz CT molecular complexity index is 252. The van der Waals surface area contributed by atoms with Crippen molar-refractivity contribution in [3.8, 4) is 0 Å². The Balaban J connectivity index is 3.76. The van der Waals surface area contributed by atoms with Crippen molar-refractivity contribution >= 4 is 11.9 Å². The van der Waals surface area contributed by atoms with Gasteiger partial charge in [-0.1, -0.05) is 0 Å². The molecule has 6 heteroatoms. The summed E-state index contributed by atoms with van der Waals surface area (Å²) in [5.41, 5.74) is -0.842. The standard InChI is InChI=1S/C10H21N3O3/c1-10(2,16-5)8(14)11-6-7-12-9(15)13(3)4/h6-7H2,1-5H3,(H,11,14)(H,12,15). The van der Waals surface area contributed by atoms with Crippen LogP contribution in [0, 0.1) is 0 Å². The summed E-state index contributed by atoms with van der Waals surface area (Å²) in [6.07, 6.45) is 0. The van der Waals surface area contributed by atoms with Gasteiger partial charge in [-0.2, -0.15) is 0 Å². The molecule has 0 saturated heterocycles. The first-order chi connectivity index (χ1) is 7.31. The maximum absolute atomic E-state index is 11.5. The summed E-state index contributed by atoms with van der Waals surface area (Å²) in [6.45, 7) is 4.13. The number of carbonyl (C=O) groups is 2. The van der Waals surface area contributed by atoms with Crippen LogP contribution in [-0.4, -0.2) is 56.7 Å². The number of urea groups is 1. The summed E-state index contributed by atoms with van der Waals surface area (Å²) in [5.74, 6) is -0.200. The van der Waals surface area contributed by atoms with E-state index >= 15 is 0 Å². The Morgan fingerprint density at radius 1 is 1.19 bits per heavy atom. The molecule has 0 aliphatic carbocycles. The average Bonchev–Trinajstić information content (AvgIpc) is 2.23. The fourth-order valence-electron chi connectivity index (χ4n) is 0.809. The number of rotatable bonds is 5. The van der Waals surface area contributed by atoms with E-state index in [4.69, 9.17) is 4.74 Å². The average molecular weight is 231 g/mol. The van der Waals surface area contributed by atoms with Gasteiger partial charge < -0.3 is 20.3 Å². The molecule has 16 heavy (non-hydrogen) atoms. The van der Waals surface area contributed by atoms with Crippen molar-refractivity contribution in [2.75, 3.05) is 34.3 Å². The molecule has 2 N–H and O–H groups in total. The van der Waals surface area contributed by atoms with Gasteiger partial charge in [-0.15, -0.1) is 0 Å². The monoisotopic (exact) mass is 231 g/mol. The topological polar surface area (TPSA) is 70.7 Å². The van der Waals surface area contributed by atoms with E-state index in [1.807, 2.05) is 0 Å². The van der Waals surface area contributed by atoms with E-state index in [1.165, 1.54) is 12.0 Å². The quantitative estimate of drug-likeness (QED) is 0.644. The van der Waals surface area contributed by atoms with Crippen molar-refractivity contribution in [1.29, 1.82) is 0 Å². The predicted octanol–water partition coefficient (Wildman–Crippen LogP) is -0.201. The van der Waals surface area contributed by atoms with E-state index in [1.54, 1.807) is 27.9 Å². The summed E-state index contributed by atoms with van der Waals surface area (Å²) >= 11 is 0. The van der Waals surface area contributed by atoms with E-state index in [0.717, 1.165) is 0 Å². The van der Waals surface area contributed by atoms with Crippen LogP contribution in [0.15, 0.2) is 0 Å². The summed E-state index contributed by atoms with van der Waals surface area (Å²) in [4.78, 5) is 24.1. The minimum Gasteiger partial charge on any atom is -0.369 e. The number of ether oxygens (including phenoxy) is 1. The van der Waals surface area contributed by atoms with Gasteiger partial charge in [0.05, 0.1) is 0 Å². The first-order valence-corrected chi connectivity index (χ1v) is 5.10. The van der Waals surface area contributed by atoms with E-state index in [0.29, 0.717) is 13.1 Å². The number of hydrogen-bond donors (Lipinski definition) is 2. The minimum absolute atomic E-state index is 0.180. The zero-order valence-corrected chi connectivity index (χ0v) is 10.6. The molecule has 0 aromatic carbocycles. The highest BCUT2D eigenvalue weighted by Crippen LogP contribution is 2.06. The highest BCUT2D eigenvalue weighted by Gasteiger charge is 2.26. The maximum atomic E-state index is 11.5. The molecular formula is C10H21N3O3. The molecule has 0 spiro atoms. The normalized spacial score (nSPS) is 10.8. The van der Waals surface area contributed by atoms with Gasteiger partial charge >= 0.3 is 6.03 Å². The molecule has 0 aliphatic rings. The van der Waals surface area contributed by atoms with Gasteiger partial charge in [-0.25, -0.2) is 4.79 Å². The highest BCUT2D eigenvalue weighted by molar-refractivity contribution is 5.84. The number of nitrogens with zero attached hydrogens (tertiary/aromatic N) is 1. The Labute approximate surface area is 96.3 Å².